The summed E-state index contributed by atoms with van der Waals surface area (Å²) in [6.07, 6.45) is 2.00. The van der Waals surface area contributed by atoms with Gasteiger partial charge in [0.15, 0.2) is 0 Å². The Morgan fingerprint density at radius 2 is 2.11 bits per heavy atom. The predicted octanol–water partition coefficient (Wildman–Crippen LogP) is 2.33. The predicted molar refractivity (Wildman–Crippen MR) is 74.7 cm³/mol. The van der Waals surface area contributed by atoms with Crippen molar-refractivity contribution in [2.24, 2.45) is 0 Å². The molecule has 1 heterocycles. The quantitative estimate of drug-likeness (QED) is 0.912. The van der Waals surface area contributed by atoms with Crippen molar-refractivity contribution in [1.82, 2.24) is 15.5 Å². The lowest BCUT2D eigenvalue weighted by molar-refractivity contribution is 0.0950. The Balaban J connectivity index is 1.91. The van der Waals surface area contributed by atoms with Gasteiger partial charge < -0.3 is 5.32 Å². The maximum atomic E-state index is 11.8. The Morgan fingerprint density at radius 3 is 2.83 bits per heavy atom. The van der Waals surface area contributed by atoms with E-state index in [2.05, 4.69) is 15.5 Å². The number of benzene rings is 1. The number of hydrogen-bond donors (Lipinski definition) is 1. The Kier molecular flexibility index (Phi) is 4.72. The molecule has 0 unspecified atom stereocenters. The monoisotopic (exact) mass is 279 g/mol. The van der Waals surface area contributed by atoms with Crippen molar-refractivity contribution in [3.05, 3.63) is 45.9 Å². The van der Waals surface area contributed by atoms with Crippen molar-refractivity contribution in [2.45, 2.75) is 12.3 Å². The Morgan fingerprint density at radius 1 is 1.33 bits per heavy atom. The molecule has 1 aromatic carbocycles. The Labute approximate surface area is 114 Å². The topological polar surface area (TPSA) is 54.9 Å². The molecule has 0 saturated carbocycles. The van der Waals surface area contributed by atoms with Crippen molar-refractivity contribution in [3.63, 3.8) is 0 Å². The second-order valence-electron chi connectivity index (χ2n) is 3.60. The molecule has 0 radical (unpaired) electrons. The minimum Gasteiger partial charge on any atom is -0.346 e. The van der Waals surface area contributed by atoms with E-state index in [-0.39, 0.29) is 5.91 Å². The summed E-state index contributed by atoms with van der Waals surface area (Å²) < 4.78 is 0. The van der Waals surface area contributed by atoms with E-state index in [4.69, 9.17) is 0 Å². The van der Waals surface area contributed by atoms with Crippen LogP contribution in [0.25, 0.3) is 0 Å². The molecule has 0 fully saturated rings. The average molecular weight is 279 g/mol. The summed E-state index contributed by atoms with van der Waals surface area (Å²) in [7, 11) is 0. The van der Waals surface area contributed by atoms with Crippen LogP contribution in [-0.4, -0.2) is 22.4 Å². The van der Waals surface area contributed by atoms with Gasteiger partial charge >= 0.3 is 0 Å². The molecular weight excluding hydrogens is 266 g/mol. The molecule has 2 rings (SSSR count). The smallest absolute Gasteiger partial charge is 0.282 e. The number of aromatic nitrogens is 2. The van der Waals surface area contributed by atoms with Crippen molar-refractivity contribution in [1.29, 1.82) is 0 Å². The summed E-state index contributed by atoms with van der Waals surface area (Å²) in [5, 5.41) is 12.0. The molecule has 0 saturated heterocycles. The summed E-state index contributed by atoms with van der Waals surface area (Å²) in [5.41, 5.74) is 1.07. The first-order valence-corrected chi connectivity index (χ1v) is 7.64. The van der Waals surface area contributed by atoms with E-state index in [0.717, 1.165) is 16.3 Å². The van der Waals surface area contributed by atoms with Crippen LogP contribution in [0, 0.1) is 0 Å². The minimum atomic E-state index is -0.163. The fourth-order valence-corrected chi connectivity index (χ4v) is 2.83. The number of rotatable bonds is 5. The largest absolute Gasteiger partial charge is 0.346 e. The van der Waals surface area contributed by atoms with E-state index in [1.807, 2.05) is 36.6 Å². The maximum Gasteiger partial charge on any atom is 0.282 e. The number of amides is 1. The summed E-state index contributed by atoms with van der Waals surface area (Å²) >= 11 is 3.01. The molecule has 0 spiro atoms. The van der Waals surface area contributed by atoms with Crippen LogP contribution >= 0.6 is 23.1 Å². The highest BCUT2D eigenvalue weighted by Gasteiger charge is 2.11. The second kappa shape index (κ2) is 6.51. The van der Waals surface area contributed by atoms with E-state index < -0.39 is 0 Å². The van der Waals surface area contributed by atoms with Crippen LogP contribution < -0.4 is 5.32 Å². The lowest BCUT2D eigenvalue weighted by Crippen LogP contribution is -2.22. The molecule has 4 nitrogen and oxygen atoms in total. The van der Waals surface area contributed by atoms with Crippen LogP contribution in [0.2, 0.25) is 0 Å². The van der Waals surface area contributed by atoms with Gasteiger partial charge in [-0.25, -0.2) is 0 Å². The van der Waals surface area contributed by atoms with Gasteiger partial charge in [-0.05, 0) is 11.8 Å². The van der Waals surface area contributed by atoms with Crippen molar-refractivity contribution in [2.75, 3.05) is 6.26 Å². The Bertz CT molecular complexity index is 513. The molecule has 1 amide bonds. The van der Waals surface area contributed by atoms with Crippen molar-refractivity contribution >= 4 is 29.0 Å². The molecule has 94 valence electrons. The third kappa shape index (κ3) is 3.54. The highest BCUT2D eigenvalue weighted by atomic mass is 32.2. The van der Waals surface area contributed by atoms with E-state index >= 15 is 0 Å². The summed E-state index contributed by atoms with van der Waals surface area (Å²) in [6, 6.07) is 9.79. The number of carbonyl (C=O) groups excluding carboxylic acids is 1. The van der Waals surface area contributed by atoms with Crippen molar-refractivity contribution < 1.29 is 4.79 Å². The highest BCUT2D eigenvalue weighted by molar-refractivity contribution is 7.97. The van der Waals surface area contributed by atoms with Crippen LogP contribution in [0.5, 0.6) is 0 Å². The van der Waals surface area contributed by atoms with Gasteiger partial charge in [0.05, 0.1) is 0 Å². The van der Waals surface area contributed by atoms with Crippen LogP contribution in [0.4, 0.5) is 0 Å². The van der Waals surface area contributed by atoms with Gasteiger partial charge in [0.1, 0.15) is 5.01 Å². The number of carbonyl (C=O) groups is 1. The summed E-state index contributed by atoms with van der Waals surface area (Å²) in [4.78, 5) is 11.8. The first-order valence-electron chi connectivity index (χ1n) is 5.43. The van der Waals surface area contributed by atoms with Crippen LogP contribution in [0.1, 0.15) is 20.4 Å². The zero-order chi connectivity index (χ0) is 12.8. The van der Waals surface area contributed by atoms with E-state index in [9.17, 15) is 4.79 Å². The molecule has 1 aromatic heterocycles. The van der Waals surface area contributed by atoms with Gasteiger partial charge in [-0.15, -0.1) is 10.2 Å². The van der Waals surface area contributed by atoms with E-state index in [1.54, 1.807) is 11.8 Å². The molecule has 0 aliphatic rings. The highest BCUT2D eigenvalue weighted by Crippen LogP contribution is 2.14. The van der Waals surface area contributed by atoms with Gasteiger partial charge in [0.2, 0.25) is 5.01 Å². The zero-order valence-electron chi connectivity index (χ0n) is 9.92. The third-order valence-electron chi connectivity index (χ3n) is 2.22. The first kappa shape index (κ1) is 13.0. The maximum absolute atomic E-state index is 11.8. The molecule has 2 aromatic rings. The third-order valence-corrected chi connectivity index (χ3v) is 3.89. The Hall–Kier alpha value is -1.40. The summed E-state index contributed by atoms with van der Waals surface area (Å²) in [6.45, 7) is 0.511. The van der Waals surface area contributed by atoms with Gasteiger partial charge in [0.25, 0.3) is 5.91 Å². The average Bonchev–Trinajstić information content (AvgIpc) is 2.86. The molecule has 0 bridgehead atoms. The standard InChI is InChI=1S/C12H13N3OS2/c1-17-8-10-14-15-12(18-10)11(16)13-7-9-5-3-2-4-6-9/h2-6H,7-8H2,1H3,(H,13,16). The van der Waals surface area contributed by atoms with Gasteiger partial charge in [-0.2, -0.15) is 11.8 Å². The SMILES string of the molecule is CSCc1nnc(C(=O)NCc2ccccc2)s1. The number of hydrogen-bond acceptors (Lipinski definition) is 5. The van der Waals surface area contributed by atoms with Gasteiger partial charge in [-0.1, -0.05) is 41.7 Å². The summed E-state index contributed by atoms with van der Waals surface area (Å²) in [5.74, 6) is 0.632. The van der Waals surface area contributed by atoms with Crippen molar-refractivity contribution in [3.8, 4) is 0 Å². The lowest BCUT2D eigenvalue weighted by atomic mass is 10.2. The fraction of sp³-hybridized carbons (Fsp3) is 0.250. The molecule has 0 atom stereocenters. The second-order valence-corrected chi connectivity index (χ2v) is 5.53. The first-order chi connectivity index (χ1) is 8.79. The number of nitrogens with zero attached hydrogens (tertiary/aromatic N) is 2. The number of thioether (sulfide) groups is 1. The van der Waals surface area contributed by atoms with Gasteiger partial charge in [0, 0.05) is 12.3 Å². The van der Waals surface area contributed by atoms with Crippen LogP contribution in [0.3, 0.4) is 0 Å². The molecule has 0 aliphatic heterocycles. The minimum absolute atomic E-state index is 0.163. The molecular formula is C12H13N3OS2. The number of nitrogens with one attached hydrogen (secondary N) is 1. The van der Waals surface area contributed by atoms with Crippen LogP contribution in [-0.2, 0) is 12.3 Å². The van der Waals surface area contributed by atoms with Crippen LogP contribution in [0.15, 0.2) is 30.3 Å². The zero-order valence-corrected chi connectivity index (χ0v) is 11.6. The molecule has 1 N–H and O–H groups in total. The lowest BCUT2D eigenvalue weighted by Gasteiger charge is -2.01. The molecule has 18 heavy (non-hydrogen) atoms. The van der Waals surface area contributed by atoms with E-state index in [1.165, 1.54) is 11.3 Å². The van der Waals surface area contributed by atoms with Gasteiger partial charge in [-0.3, -0.25) is 4.79 Å². The fourth-order valence-electron chi connectivity index (χ4n) is 1.38. The normalized spacial score (nSPS) is 10.3. The molecule has 6 heteroatoms. The van der Waals surface area contributed by atoms with E-state index in [0.29, 0.717) is 11.6 Å². The molecule has 0 aliphatic carbocycles.